The van der Waals surface area contributed by atoms with Crippen molar-refractivity contribution in [3.05, 3.63) is 53.8 Å². The van der Waals surface area contributed by atoms with Crippen LogP contribution in [0.4, 0.5) is 4.39 Å². The molecule has 210 valence electrons. The number of nitrogens with zero attached hydrogens (tertiary/aromatic N) is 1. The van der Waals surface area contributed by atoms with Gasteiger partial charge in [-0.15, -0.1) is 0 Å². The van der Waals surface area contributed by atoms with Gasteiger partial charge in [0.15, 0.2) is 0 Å². The lowest BCUT2D eigenvalue weighted by Gasteiger charge is -2.38. The third-order valence-electron chi connectivity index (χ3n) is 6.97. The van der Waals surface area contributed by atoms with Crippen LogP contribution in [-0.4, -0.2) is 83.9 Å². The number of rotatable bonds is 10. The van der Waals surface area contributed by atoms with E-state index < -0.39 is 37.6 Å². The molecule has 2 saturated heterocycles. The van der Waals surface area contributed by atoms with Crippen molar-refractivity contribution in [2.45, 2.75) is 53.7 Å². The molecule has 2 aliphatic heterocycles. The number of nitrogens with one attached hydrogen (secondary N) is 2. The second-order valence-corrected chi connectivity index (χ2v) is 13.6. The minimum atomic E-state index is -3.79. The number of hydrogen-bond donors (Lipinski definition) is 3. The maximum absolute atomic E-state index is 13.8. The Morgan fingerprint density at radius 3 is 2.58 bits per heavy atom. The van der Waals surface area contributed by atoms with Gasteiger partial charge in [-0.05, 0) is 69.1 Å². The number of aliphatic hydroxyl groups is 1. The summed E-state index contributed by atoms with van der Waals surface area (Å²) >= 11 is 0. The summed E-state index contributed by atoms with van der Waals surface area (Å²) in [6.45, 7) is 2.88. The highest BCUT2D eigenvalue weighted by Gasteiger charge is 2.44. The summed E-state index contributed by atoms with van der Waals surface area (Å²) in [6.07, 6.45) is 0.891. The molecular formula is C25H34FN3O7S2. The van der Waals surface area contributed by atoms with Gasteiger partial charge in [-0.25, -0.2) is 25.9 Å². The Morgan fingerprint density at radius 2 is 1.89 bits per heavy atom. The van der Waals surface area contributed by atoms with Crippen LogP contribution in [0.15, 0.2) is 52.3 Å². The van der Waals surface area contributed by atoms with E-state index in [-0.39, 0.29) is 42.1 Å². The second kappa shape index (κ2) is 11.5. The van der Waals surface area contributed by atoms with Gasteiger partial charge in [-0.2, -0.15) is 4.31 Å². The highest BCUT2D eigenvalue weighted by Crippen LogP contribution is 2.37. The molecule has 4 rings (SSSR count). The van der Waals surface area contributed by atoms with Crippen molar-refractivity contribution in [2.24, 2.45) is 0 Å². The SMILES string of the molecule is CNS(=O)(=O)c1cccc(OC[C@@H](O)CNC2COC3(CCN(S(=O)(=O)c4cc(C)cc(F)c4)CC3)C2)c1. The molecule has 0 aromatic heterocycles. The zero-order valence-corrected chi connectivity index (χ0v) is 23.0. The minimum Gasteiger partial charge on any atom is -0.491 e. The first kappa shape index (κ1) is 28.9. The van der Waals surface area contributed by atoms with Gasteiger partial charge in [0.25, 0.3) is 0 Å². The van der Waals surface area contributed by atoms with E-state index in [1.165, 1.54) is 35.6 Å². The van der Waals surface area contributed by atoms with Crippen molar-refractivity contribution in [1.29, 1.82) is 0 Å². The number of aryl methyl sites for hydroxylation is 1. The molecule has 13 heteroatoms. The summed E-state index contributed by atoms with van der Waals surface area (Å²) < 4.78 is 79.0. The molecule has 2 heterocycles. The number of aliphatic hydroxyl groups excluding tert-OH is 1. The Balaban J connectivity index is 1.24. The zero-order valence-electron chi connectivity index (χ0n) is 21.4. The molecule has 2 aromatic rings. The molecule has 3 N–H and O–H groups in total. The standard InChI is InChI=1S/C25H34FN3O7S2/c1-18-10-19(26)12-24(11-18)38(33,34)29-8-6-25(7-9-29)14-20(16-36-25)28-15-21(30)17-35-22-4-3-5-23(13-22)37(31,32)27-2/h3-5,10-13,20-21,27-28,30H,6-9,14-17H2,1-2H3/t20?,21-/m0/s1. The van der Waals surface area contributed by atoms with Crippen LogP contribution in [0.5, 0.6) is 5.75 Å². The average molecular weight is 572 g/mol. The molecule has 10 nitrogen and oxygen atoms in total. The fourth-order valence-corrected chi connectivity index (χ4v) is 7.18. The summed E-state index contributed by atoms with van der Waals surface area (Å²) in [5.74, 6) is -0.244. The minimum absolute atomic E-state index is 0.0113. The van der Waals surface area contributed by atoms with E-state index in [4.69, 9.17) is 9.47 Å². The van der Waals surface area contributed by atoms with E-state index in [2.05, 4.69) is 10.0 Å². The van der Waals surface area contributed by atoms with E-state index in [1.54, 1.807) is 19.1 Å². The summed E-state index contributed by atoms with van der Waals surface area (Å²) in [4.78, 5) is 0.0350. The first-order valence-corrected chi connectivity index (χ1v) is 15.3. The Labute approximate surface area is 223 Å². The summed E-state index contributed by atoms with van der Waals surface area (Å²) in [5, 5.41) is 13.6. The fraction of sp³-hybridized carbons (Fsp3) is 0.520. The maximum atomic E-state index is 13.8. The van der Waals surface area contributed by atoms with Crippen molar-refractivity contribution in [3.63, 3.8) is 0 Å². The molecular weight excluding hydrogens is 537 g/mol. The van der Waals surface area contributed by atoms with Gasteiger partial charge in [-0.1, -0.05) is 6.07 Å². The number of piperidine rings is 1. The molecule has 2 aliphatic rings. The third-order valence-corrected chi connectivity index (χ3v) is 10.3. The second-order valence-electron chi connectivity index (χ2n) is 9.82. The number of benzene rings is 2. The zero-order chi connectivity index (χ0) is 27.6. The van der Waals surface area contributed by atoms with Crippen molar-refractivity contribution >= 4 is 20.0 Å². The van der Waals surface area contributed by atoms with Crippen LogP contribution >= 0.6 is 0 Å². The smallest absolute Gasteiger partial charge is 0.243 e. The van der Waals surface area contributed by atoms with Gasteiger partial charge < -0.3 is 19.9 Å². The summed E-state index contributed by atoms with van der Waals surface area (Å²) in [7, 11) is -6.06. The van der Waals surface area contributed by atoms with Gasteiger partial charge in [-0.3, -0.25) is 0 Å². The maximum Gasteiger partial charge on any atom is 0.243 e. The van der Waals surface area contributed by atoms with Gasteiger partial charge in [0.1, 0.15) is 24.3 Å². The van der Waals surface area contributed by atoms with E-state index in [9.17, 15) is 26.3 Å². The Bertz CT molecular complexity index is 1330. The number of halogens is 1. The molecule has 38 heavy (non-hydrogen) atoms. The number of hydrogen-bond acceptors (Lipinski definition) is 8. The van der Waals surface area contributed by atoms with Crippen molar-refractivity contribution < 1.29 is 35.8 Å². The Morgan fingerprint density at radius 1 is 1.16 bits per heavy atom. The molecule has 0 aliphatic carbocycles. The molecule has 1 spiro atoms. The van der Waals surface area contributed by atoms with E-state index in [1.807, 2.05) is 0 Å². The largest absolute Gasteiger partial charge is 0.491 e. The van der Waals surface area contributed by atoms with Crippen molar-refractivity contribution in [2.75, 3.05) is 39.9 Å². The van der Waals surface area contributed by atoms with Crippen LogP contribution in [0, 0.1) is 12.7 Å². The lowest BCUT2D eigenvalue weighted by atomic mass is 9.88. The predicted octanol–water partition coefficient (Wildman–Crippen LogP) is 1.38. The summed E-state index contributed by atoms with van der Waals surface area (Å²) in [6, 6.07) is 9.84. The molecule has 2 fully saturated rings. The molecule has 0 amide bonds. The summed E-state index contributed by atoms with van der Waals surface area (Å²) in [5.41, 5.74) is 0.107. The van der Waals surface area contributed by atoms with Crippen LogP contribution < -0.4 is 14.8 Å². The van der Waals surface area contributed by atoms with E-state index >= 15 is 0 Å². The van der Waals surface area contributed by atoms with Gasteiger partial charge in [0.2, 0.25) is 20.0 Å². The van der Waals surface area contributed by atoms with Crippen LogP contribution in [0.1, 0.15) is 24.8 Å². The first-order chi connectivity index (χ1) is 17.9. The van der Waals surface area contributed by atoms with Crippen LogP contribution in [0.25, 0.3) is 0 Å². The highest BCUT2D eigenvalue weighted by atomic mass is 32.2. The lowest BCUT2D eigenvalue weighted by Crippen LogP contribution is -2.47. The molecule has 2 aromatic carbocycles. The monoisotopic (exact) mass is 571 g/mol. The quantitative estimate of drug-likeness (QED) is 0.390. The molecule has 2 atom stereocenters. The van der Waals surface area contributed by atoms with Gasteiger partial charge in [0.05, 0.1) is 22.0 Å². The van der Waals surface area contributed by atoms with Crippen molar-refractivity contribution in [1.82, 2.24) is 14.3 Å². The van der Waals surface area contributed by atoms with Crippen molar-refractivity contribution in [3.8, 4) is 5.75 Å². The van der Waals surface area contributed by atoms with E-state index in [0.717, 1.165) is 6.07 Å². The fourth-order valence-electron chi connectivity index (χ4n) is 4.86. The molecule has 0 radical (unpaired) electrons. The third kappa shape index (κ3) is 6.71. The Kier molecular flexibility index (Phi) is 8.77. The molecule has 0 bridgehead atoms. The first-order valence-electron chi connectivity index (χ1n) is 12.4. The van der Waals surface area contributed by atoms with Crippen LogP contribution in [0.3, 0.4) is 0 Å². The molecule has 0 saturated carbocycles. The van der Waals surface area contributed by atoms with Crippen LogP contribution in [0.2, 0.25) is 0 Å². The molecule has 1 unspecified atom stereocenters. The normalized spacial score (nSPS) is 21.0. The lowest BCUT2D eigenvalue weighted by molar-refractivity contribution is -0.0312. The van der Waals surface area contributed by atoms with Gasteiger partial charge in [0, 0.05) is 31.7 Å². The number of ether oxygens (including phenoxy) is 2. The predicted molar refractivity (Wildman–Crippen MR) is 138 cm³/mol. The van der Waals surface area contributed by atoms with E-state index in [0.29, 0.717) is 37.2 Å². The van der Waals surface area contributed by atoms with Gasteiger partial charge >= 0.3 is 0 Å². The highest BCUT2D eigenvalue weighted by molar-refractivity contribution is 7.89. The topological polar surface area (TPSA) is 134 Å². The average Bonchev–Trinajstić information content (AvgIpc) is 3.28. The Hall–Kier alpha value is -2.13. The van der Waals surface area contributed by atoms with Crippen LogP contribution in [-0.2, 0) is 24.8 Å². The number of sulfonamides is 2.